The third-order valence-corrected chi connectivity index (χ3v) is 3.16. The van der Waals surface area contributed by atoms with Gasteiger partial charge in [0.1, 0.15) is 6.04 Å². The summed E-state index contributed by atoms with van der Waals surface area (Å²) in [4.78, 5) is 10.7. The fraction of sp³-hybridized carbons (Fsp3) is 0.562. The van der Waals surface area contributed by atoms with E-state index in [1.54, 1.807) is 6.07 Å². The SMILES string of the molecule is CCCCCOc1ccc([C@@H]([NH3+])CC(=O)[O-])cc1OCC. The smallest absolute Gasteiger partial charge is 0.161 e. The van der Waals surface area contributed by atoms with Gasteiger partial charge in [-0.3, -0.25) is 0 Å². The van der Waals surface area contributed by atoms with E-state index in [1.165, 1.54) is 0 Å². The summed E-state index contributed by atoms with van der Waals surface area (Å²) >= 11 is 0. The van der Waals surface area contributed by atoms with Crippen molar-refractivity contribution in [3.63, 3.8) is 0 Å². The van der Waals surface area contributed by atoms with Gasteiger partial charge >= 0.3 is 0 Å². The van der Waals surface area contributed by atoms with Crippen molar-refractivity contribution in [2.75, 3.05) is 13.2 Å². The number of carbonyl (C=O) groups excluding carboxylic acids is 1. The average molecular weight is 295 g/mol. The maximum Gasteiger partial charge on any atom is 0.161 e. The summed E-state index contributed by atoms with van der Waals surface area (Å²) in [5.74, 6) is 0.226. The first-order chi connectivity index (χ1) is 10.1. The Balaban J connectivity index is 2.77. The second-order valence-electron chi connectivity index (χ2n) is 4.97. The third-order valence-electron chi connectivity index (χ3n) is 3.16. The van der Waals surface area contributed by atoms with Gasteiger partial charge < -0.3 is 25.1 Å². The van der Waals surface area contributed by atoms with Crippen LogP contribution in [-0.4, -0.2) is 19.2 Å². The zero-order valence-electron chi connectivity index (χ0n) is 12.9. The zero-order chi connectivity index (χ0) is 15.7. The number of benzene rings is 1. The lowest BCUT2D eigenvalue weighted by atomic mass is 10.0. The highest BCUT2D eigenvalue weighted by Gasteiger charge is 2.14. The zero-order valence-corrected chi connectivity index (χ0v) is 12.9. The van der Waals surface area contributed by atoms with Gasteiger partial charge in [0.25, 0.3) is 0 Å². The maximum atomic E-state index is 10.7. The summed E-state index contributed by atoms with van der Waals surface area (Å²) in [6.45, 7) is 5.22. The number of quaternary nitrogens is 1. The first-order valence-electron chi connectivity index (χ1n) is 7.50. The van der Waals surface area contributed by atoms with Crippen LogP contribution in [0.2, 0.25) is 0 Å². The van der Waals surface area contributed by atoms with Gasteiger partial charge in [0.15, 0.2) is 11.5 Å². The summed E-state index contributed by atoms with van der Waals surface area (Å²) in [7, 11) is 0. The molecule has 1 aromatic carbocycles. The lowest BCUT2D eigenvalue weighted by Gasteiger charge is -2.15. The second kappa shape index (κ2) is 9.23. The predicted molar refractivity (Wildman–Crippen MR) is 77.9 cm³/mol. The standard InChI is InChI=1S/C16H25NO4/c1-3-5-6-9-21-14-8-7-12(10-15(14)20-4-2)13(17)11-16(18)19/h7-8,10,13H,3-6,9,11,17H2,1-2H3,(H,18,19)/t13-/m0/s1. The monoisotopic (exact) mass is 295 g/mol. The molecule has 0 bridgehead atoms. The minimum atomic E-state index is -1.10. The average Bonchev–Trinajstić information content (AvgIpc) is 2.44. The molecule has 0 aliphatic carbocycles. The molecule has 5 heteroatoms. The quantitative estimate of drug-likeness (QED) is 0.654. The Morgan fingerprint density at radius 2 is 2.00 bits per heavy atom. The molecule has 0 aromatic heterocycles. The van der Waals surface area contributed by atoms with Crippen molar-refractivity contribution in [3.8, 4) is 11.5 Å². The Labute approximate surface area is 126 Å². The number of aliphatic carboxylic acids is 1. The van der Waals surface area contributed by atoms with E-state index in [9.17, 15) is 9.90 Å². The van der Waals surface area contributed by atoms with E-state index in [0.29, 0.717) is 24.7 Å². The molecule has 0 saturated heterocycles. The Morgan fingerprint density at radius 3 is 2.62 bits per heavy atom. The van der Waals surface area contributed by atoms with Crippen molar-refractivity contribution in [1.82, 2.24) is 0 Å². The van der Waals surface area contributed by atoms with Gasteiger partial charge in [-0.1, -0.05) is 19.8 Å². The normalized spacial score (nSPS) is 12.0. The summed E-state index contributed by atoms with van der Waals surface area (Å²) < 4.78 is 11.3. The van der Waals surface area contributed by atoms with Crippen LogP contribution in [0, 0.1) is 0 Å². The van der Waals surface area contributed by atoms with E-state index < -0.39 is 5.97 Å². The van der Waals surface area contributed by atoms with E-state index in [-0.39, 0.29) is 12.5 Å². The largest absolute Gasteiger partial charge is 0.550 e. The minimum Gasteiger partial charge on any atom is -0.550 e. The molecule has 21 heavy (non-hydrogen) atoms. The van der Waals surface area contributed by atoms with Gasteiger partial charge in [0, 0.05) is 18.0 Å². The van der Waals surface area contributed by atoms with E-state index >= 15 is 0 Å². The Morgan fingerprint density at radius 1 is 1.24 bits per heavy atom. The summed E-state index contributed by atoms with van der Waals surface area (Å²) in [6, 6.07) is 5.10. The van der Waals surface area contributed by atoms with Gasteiger partial charge in [-0.05, 0) is 31.5 Å². The van der Waals surface area contributed by atoms with E-state index in [1.807, 2.05) is 19.1 Å². The molecule has 0 fully saturated rings. The van der Waals surface area contributed by atoms with Gasteiger partial charge in [-0.15, -0.1) is 0 Å². The summed E-state index contributed by atoms with van der Waals surface area (Å²) in [5, 5.41) is 10.7. The van der Waals surface area contributed by atoms with E-state index in [4.69, 9.17) is 9.47 Å². The number of rotatable bonds is 10. The maximum absolute atomic E-state index is 10.7. The Bertz CT molecular complexity index is 448. The van der Waals surface area contributed by atoms with Crippen LogP contribution < -0.4 is 20.3 Å². The predicted octanol–water partition coefficient (Wildman–Crippen LogP) is 1.08. The molecule has 5 nitrogen and oxygen atoms in total. The number of carboxylic acids is 1. The molecule has 0 amide bonds. The number of ether oxygens (including phenoxy) is 2. The number of hydrogen-bond donors (Lipinski definition) is 1. The highest BCUT2D eigenvalue weighted by atomic mass is 16.5. The second-order valence-corrected chi connectivity index (χ2v) is 4.97. The van der Waals surface area contributed by atoms with Crippen molar-refractivity contribution in [2.24, 2.45) is 0 Å². The molecule has 0 radical (unpaired) electrons. The van der Waals surface area contributed by atoms with Crippen molar-refractivity contribution < 1.29 is 25.1 Å². The van der Waals surface area contributed by atoms with Gasteiger partial charge in [-0.25, -0.2) is 0 Å². The lowest BCUT2D eigenvalue weighted by molar-refractivity contribution is -0.430. The first-order valence-corrected chi connectivity index (χ1v) is 7.50. The van der Waals surface area contributed by atoms with Gasteiger partial charge in [0.2, 0.25) is 0 Å². The lowest BCUT2D eigenvalue weighted by Crippen LogP contribution is -2.55. The topological polar surface area (TPSA) is 86.2 Å². The highest BCUT2D eigenvalue weighted by molar-refractivity contribution is 5.65. The van der Waals surface area contributed by atoms with Crippen LogP contribution in [0.1, 0.15) is 51.1 Å². The van der Waals surface area contributed by atoms with Crippen LogP contribution in [0.25, 0.3) is 0 Å². The number of hydrogen-bond acceptors (Lipinski definition) is 4. The van der Waals surface area contributed by atoms with E-state index in [2.05, 4.69) is 12.7 Å². The third kappa shape index (κ3) is 6.04. The Kier molecular flexibility index (Phi) is 7.61. The van der Waals surface area contributed by atoms with Crippen LogP contribution in [-0.2, 0) is 4.79 Å². The minimum absolute atomic E-state index is 0.109. The fourth-order valence-electron chi connectivity index (χ4n) is 2.02. The molecule has 0 unspecified atom stereocenters. The molecule has 1 atom stereocenters. The highest BCUT2D eigenvalue weighted by Crippen LogP contribution is 2.30. The molecule has 1 aromatic rings. The van der Waals surface area contributed by atoms with Crippen molar-refractivity contribution in [3.05, 3.63) is 23.8 Å². The fourth-order valence-corrected chi connectivity index (χ4v) is 2.02. The Hall–Kier alpha value is -1.75. The van der Waals surface area contributed by atoms with Crippen molar-refractivity contribution in [2.45, 2.75) is 45.6 Å². The van der Waals surface area contributed by atoms with Gasteiger partial charge in [-0.2, -0.15) is 0 Å². The van der Waals surface area contributed by atoms with Crippen LogP contribution in [0.15, 0.2) is 18.2 Å². The molecule has 118 valence electrons. The summed E-state index contributed by atoms with van der Waals surface area (Å²) in [6.07, 6.45) is 3.18. The molecule has 0 heterocycles. The van der Waals surface area contributed by atoms with Crippen LogP contribution in [0.5, 0.6) is 11.5 Å². The molecule has 0 aliphatic rings. The van der Waals surface area contributed by atoms with Gasteiger partial charge in [0.05, 0.1) is 13.2 Å². The molecule has 0 aliphatic heterocycles. The summed E-state index contributed by atoms with van der Waals surface area (Å²) in [5.41, 5.74) is 4.66. The van der Waals surface area contributed by atoms with Crippen molar-refractivity contribution >= 4 is 5.97 Å². The van der Waals surface area contributed by atoms with Crippen LogP contribution in [0.3, 0.4) is 0 Å². The molecule has 0 spiro atoms. The molecule has 3 N–H and O–H groups in total. The molecule has 0 saturated carbocycles. The van der Waals surface area contributed by atoms with Crippen molar-refractivity contribution in [1.29, 1.82) is 0 Å². The molecular weight excluding hydrogens is 270 g/mol. The number of carboxylic acid groups (broad SMARTS) is 1. The van der Waals surface area contributed by atoms with Crippen LogP contribution in [0.4, 0.5) is 0 Å². The first kappa shape index (κ1) is 17.3. The van der Waals surface area contributed by atoms with E-state index in [0.717, 1.165) is 24.8 Å². The number of carbonyl (C=O) groups is 1. The van der Waals surface area contributed by atoms with Crippen LogP contribution >= 0.6 is 0 Å². The number of unbranched alkanes of at least 4 members (excludes halogenated alkanes) is 2. The molecule has 1 rings (SSSR count). The molecular formula is C16H25NO4.